The van der Waals surface area contributed by atoms with Crippen LogP contribution in [0.15, 0.2) is 12.1 Å². The minimum Gasteiger partial charge on any atom is -0.449 e. The number of thiol groups is 1. The predicted molar refractivity (Wildman–Crippen MR) is 94.7 cm³/mol. The van der Waals surface area contributed by atoms with Crippen molar-refractivity contribution in [2.24, 2.45) is 0 Å². The van der Waals surface area contributed by atoms with Gasteiger partial charge in [0.25, 0.3) is 0 Å². The first-order valence-electron chi connectivity index (χ1n) is 8.75. The van der Waals surface area contributed by atoms with Crippen molar-refractivity contribution in [3.63, 3.8) is 0 Å². The zero-order valence-electron chi connectivity index (χ0n) is 14.7. The molecule has 26 heavy (non-hydrogen) atoms. The molecule has 0 aliphatic carbocycles. The Balaban J connectivity index is 1.85. The molecule has 1 amide bonds. The van der Waals surface area contributed by atoms with Gasteiger partial charge in [-0.2, -0.15) is 12.6 Å². The molecule has 1 aliphatic rings. The molecule has 0 spiro atoms. The zero-order chi connectivity index (χ0) is 19.1. The third kappa shape index (κ3) is 5.81. The summed E-state index contributed by atoms with van der Waals surface area (Å²) in [7, 11) is 0. The van der Waals surface area contributed by atoms with Gasteiger partial charge in [-0.15, -0.1) is 0 Å². The number of hydrogen-bond donors (Lipinski definition) is 1. The van der Waals surface area contributed by atoms with Crippen LogP contribution in [0.3, 0.4) is 0 Å². The summed E-state index contributed by atoms with van der Waals surface area (Å²) < 4.78 is 50.5. The molecule has 8 heteroatoms. The van der Waals surface area contributed by atoms with Crippen LogP contribution < -0.4 is 0 Å². The fourth-order valence-electron chi connectivity index (χ4n) is 2.85. The van der Waals surface area contributed by atoms with Crippen molar-refractivity contribution < 1.29 is 27.4 Å². The Morgan fingerprint density at radius 1 is 1.23 bits per heavy atom. The highest BCUT2D eigenvalue weighted by molar-refractivity contribution is 7.81. The largest absolute Gasteiger partial charge is 0.449 e. The van der Waals surface area contributed by atoms with Crippen LogP contribution in [-0.2, 0) is 16.1 Å². The number of unbranched alkanes of at least 4 members (excludes halogenated alkanes) is 2. The molecular weight excluding hydrogens is 367 g/mol. The standard InChI is InChI=1S/C18H24F3NO3S/c1-2-3-4-5-25-18(23)22-9-14(26)7-13(22)11-24-10-12-6-16(20)17(21)8-15(12)19/h6,8,13-14,26H,2-5,7,9-11H2,1H3/t13-,14+/m0/s1. The van der Waals surface area contributed by atoms with E-state index in [4.69, 9.17) is 9.47 Å². The van der Waals surface area contributed by atoms with Gasteiger partial charge in [0.05, 0.1) is 25.9 Å². The molecule has 1 heterocycles. The average molecular weight is 391 g/mol. The van der Waals surface area contributed by atoms with Crippen LogP contribution in [0, 0.1) is 17.5 Å². The summed E-state index contributed by atoms with van der Waals surface area (Å²) in [6, 6.07) is 1.03. The van der Waals surface area contributed by atoms with Gasteiger partial charge in [-0.1, -0.05) is 19.8 Å². The van der Waals surface area contributed by atoms with Gasteiger partial charge in [0, 0.05) is 23.4 Å². The molecule has 0 unspecified atom stereocenters. The van der Waals surface area contributed by atoms with Gasteiger partial charge in [0.1, 0.15) is 5.82 Å². The van der Waals surface area contributed by atoms with Crippen molar-refractivity contribution in [3.05, 3.63) is 35.1 Å². The number of rotatable bonds is 8. The smallest absolute Gasteiger partial charge is 0.410 e. The second kappa shape index (κ2) is 10.1. The van der Waals surface area contributed by atoms with E-state index < -0.39 is 23.5 Å². The molecule has 146 valence electrons. The lowest BCUT2D eigenvalue weighted by Crippen LogP contribution is -2.39. The van der Waals surface area contributed by atoms with Crippen LogP contribution in [0.2, 0.25) is 0 Å². The van der Waals surface area contributed by atoms with Gasteiger partial charge in [0.2, 0.25) is 0 Å². The number of hydrogen-bond acceptors (Lipinski definition) is 4. The fourth-order valence-corrected chi connectivity index (χ4v) is 3.27. The molecule has 0 bridgehead atoms. The molecule has 2 rings (SSSR count). The predicted octanol–water partition coefficient (Wildman–Crippen LogP) is 4.32. The first-order chi connectivity index (χ1) is 12.4. The van der Waals surface area contributed by atoms with E-state index in [9.17, 15) is 18.0 Å². The van der Waals surface area contributed by atoms with E-state index in [0.717, 1.165) is 25.3 Å². The molecule has 0 saturated carbocycles. The van der Waals surface area contributed by atoms with Gasteiger partial charge in [-0.25, -0.2) is 18.0 Å². The summed E-state index contributed by atoms with van der Waals surface area (Å²) >= 11 is 4.41. The highest BCUT2D eigenvalue weighted by Crippen LogP contribution is 2.24. The van der Waals surface area contributed by atoms with Crippen LogP contribution in [0.25, 0.3) is 0 Å². The first kappa shape index (κ1) is 20.9. The Labute approximate surface area is 157 Å². The van der Waals surface area contributed by atoms with Crippen LogP contribution in [0.5, 0.6) is 0 Å². The number of benzene rings is 1. The quantitative estimate of drug-likeness (QED) is 0.408. The average Bonchev–Trinajstić information content (AvgIpc) is 2.97. The van der Waals surface area contributed by atoms with E-state index >= 15 is 0 Å². The summed E-state index contributed by atoms with van der Waals surface area (Å²) in [5.74, 6) is -3.23. The number of nitrogens with zero attached hydrogens (tertiary/aromatic N) is 1. The van der Waals surface area contributed by atoms with Crippen molar-refractivity contribution in [1.82, 2.24) is 4.90 Å². The second-order valence-electron chi connectivity index (χ2n) is 6.39. The number of carbonyl (C=O) groups excluding carboxylic acids is 1. The summed E-state index contributed by atoms with van der Waals surface area (Å²) in [4.78, 5) is 13.8. The molecule has 0 N–H and O–H groups in total. The van der Waals surface area contributed by atoms with Crippen LogP contribution in [0.4, 0.5) is 18.0 Å². The van der Waals surface area contributed by atoms with Crippen LogP contribution in [-0.4, -0.2) is 42.0 Å². The Hall–Kier alpha value is -1.41. The van der Waals surface area contributed by atoms with E-state index in [1.165, 1.54) is 0 Å². The third-order valence-electron chi connectivity index (χ3n) is 4.26. The van der Waals surface area contributed by atoms with Gasteiger partial charge >= 0.3 is 6.09 Å². The summed E-state index contributed by atoms with van der Waals surface area (Å²) in [5.41, 5.74) is -0.0713. The highest BCUT2D eigenvalue weighted by atomic mass is 32.1. The molecule has 1 aromatic carbocycles. The molecule has 1 aliphatic heterocycles. The molecule has 1 fully saturated rings. The third-order valence-corrected chi connectivity index (χ3v) is 4.63. The second-order valence-corrected chi connectivity index (χ2v) is 7.12. The zero-order valence-corrected chi connectivity index (χ0v) is 15.6. The number of likely N-dealkylation sites (tertiary alicyclic amines) is 1. The summed E-state index contributed by atoms with van der Waals surface area (Å²) in [6.45, 7) is 2.81. The van der Waals surface area contributed by atoms with E-state index in [-0.39, 0.29) is 30.1 Å². The maximum absolute atomic E-state index is 13.6. The molecule has 1 saturated heterocycles. The van der Waals surface area contributed by atoms with Crippen LogP contribution in [0.1, 0.15) is 38.2 Å². The summed E-state index contributed by atoms with van der Waals surface area (Å²) in [6.07, 6.45) is 3.06. The molecule has 0 radical (unpaired) electrons. The SMILES string of the molecule is CCCCCOC(=O)N1C[C@H](S)C[C@H]1COCc1cc(F)c(F)cc1F. The van der Waals surface area contributed by atoms with Gasteiger partial charge in [0.15, 0.2) is 11.6 Å². The van der Waals surface area contributed by atoms with Crippen molar-refractivity contribution in [3.8, 4) is 0 Å². The van der Waals surface area contributed by atoms with Gasteiger partial charge in [-0.3, -0.25) is 0 Å². The maximum Gasteiger partial charge on any atom is 0.410 e. The Morgan fingerprint density at radius 3 is 2.69 bits per heavy atom. The molecular formula is C18H24F3NO3S. The lowest BCUT2D eigenvalue weighted by Gasteiger charge is -2.24. The number of carbonyl (C=O) groups is 1. The first-order valence-corrected chi connectivity index (χ1v) is 9.26. The van der Waals surface area contributed by atoms with Crippen LogP contribution >= 0.6 is 12.6 Å². The normalized spacial score (nSPS) is 19.8. The topological polar surface area (TPSA) is 38.8 Å². The van der Waals surface area contributed by atoms with Crippen molar-refractivity contribution in [2.45, 2.75) is 50.5 Å². The molecule has 1 aromatic rings. The Morgan fingerprint density at radius 2 is 1.96 bits per heavy atom. The minimum absolute atomic E-state index is 0.00629. The van der Waals surface area contributed by atoms with Crippen molar-refractivity contribution in [1.29, 1.82) is 0 Å². The number of amides is 1. The van der Waals surface area contributed by atoms with E-state index in [0.29, 0.717) is 25.6 Å². The van der Waals surface area contributed by atoms with Gasteiger partial charge < -0.3 is 14.4 Å². The van der Waals surface area contributed by atoms with Crippen molar-refractivity contribution in [2.75, 3.05) is 19.8 Å². The maximum atomic E-state index is 13.6. The van der Waals surface area contributed by atoms with Gasteiger partial charge in [-0.05, 0) is 18.9 Å². The Bertz CT molecular complexity index is 618. The number of ether oxygens (including phenoxy) is 2. The van der Waals surface area contributed by atoms with Crippen molar-refractivity contribution >= 4 is 18.7 Å². The summed E-state index contributed by atoms with van der Waals surface area (Å²) in [5, 5.41) is 0.00629. The van der Waals surface area contributed by atoms with E-state index in [2.05, 4.69) is 19.6 Å². The molecule has 4 nitrogen and oxygen atoms in total. The lowest BCUT2D eigenvalue weighted by molar-refractivity contribution is 0.0503. The minimum atomic E-state index is -1.24. The molecule has 0 aromatic heterocycles. The highest BCUT2D eigenvalue weighted by Gasteiger charge is 2.34. The fraction of sp³-hybridized carbons (Fsp3) is 0.611. The van der Waals surface area contributed by atoms with E-state index in [1.54, 1.807) is 4.90 Å². The number of halogens is 3. The lowest BCUT2D eigenvalue weighted by atomic mass is 10.2. The molecule has 2 atom stereocenters. The monoisotopic (exact) mass is 391 g/mol. The Kier molecular flexibility index (Phi) is 8.09. The van der Waals surface area contributed by atoms with E-state index in [1.807, 2.05) is 0 Å².